The predicted octanol–water partition coefficient (Wildman–Crippen LogP) is 2.82. The van der Waals surface area contributed by atoms with Gasteiger partial charge in [0.25, 0.3) is 5.69 Å². The molecule has 1 atom stereocenters. The molecule has 1 unspecified atom stereocenters. The Labute approximate surface area is 118 Å². The van der Waals surface area contributed by atoms with Gasteiger partial charge >= 0.3 is 0 Å². The second-order valence-corrected chi connectivity index (χ2v) is 5.45. The standard InChI is InChI=1S/C13H21N3O2S/c1-10(9-19-4)15(3)8-11-6-5-7-12(16(17)18)13(11)14-2/h5-7,10,14H,8-9H2,1-4H3. The Morgan fingerprint density at radius 2 is 2.21 bits per heavy atom. The van der Waals surface area contributed by atoms with Gasteiger partial charge in [-0.05, 0) is 25.8 Å². The number of nitro benzene ring substituents is 1. The lowest BCUT2D eigenvalue weighted by Gasteiger charge is -2.25. The Kier molecular flexibility index (Phi) is 6.11. The molecule has 1 rings (SSSR count). The molecule has 0 amide bonds. The number of hydrogen-bond donors (Lipinski definition) is 1. The third kappa shape index (κ3) is 4.11. The minimum Gasteiger partial charge on any atom is -0.382 e. The van der Waals surface area contributed by atoms with Crippen molar-refractivity contribution in [3.63, 3.8) is 0 Å². The maximum absolute atomic E-state index is 11.0. The van der Waals surface area contributed by atoms with Crippen LogP contribution in [0.1, 0.15) is 12.5 Å². The number of anilines is 1. The van der Waals surface area contributed by atoms with Gasteiger partial charge in [0.1, 0.15) is 5.69 Å². The van der Waals surface area contributed by atoms with Crippen molar-refractivity contribution in [1.82, 2.24) is 4.90 Å². The number of benzene rings is 1. The van der Waals surface area contributed by atoms with Gasteiger partial charge in [0.05, 0.1) is 4.92 Å². The van der Waals surface area contributed by atoms with E-state index in [1.165, 1.54) is 6.07 Å². The van der Waals surface area contributed by atoms with Crippen molar-refractivity contribution in [1.29, 1.82) is 0 Å². The van der Waals surface area contributed by atoms with E-state index in [4.69, 9.17) is 0 Å². The van der Waals surface area contributed by atoms with Crippen molar-refractivity contribution in [3.05, 3.63) is 33.9 Å². The lowest BCUT2D eigenvalue weighted by atomic mass is 10.1. The first kappa shape index (κ1) is 15.8. The maximum atomic E-state index is 11.0. The quantitative estimate of drug-likeness (QED) is 0.616. The van der Waals surface area contributed by atoms with Gasteiger partial charge in [-0.2, -0.15) is 11.8 Å². The van der Waals surface area contributed by atoms with Crippen molar-refractivity contribution in [2.24, 2.45) is 0 Å². The van der Waals surface area contributed by atoms with Crippen LogP contribution in [0.5, 0.6) is 0 Å². The molecule has 0 bridgehead atoms. The van der Waals surface area contributed by atoms with Gasteiger partial charge in [0.15, 0.2) is 0 Å². The van der Waals surface area contributed by atoms with E-state index >= 15 is 0 Å². The number of nitrogens with one attached hydrogen (secondary N) is 1. The highest BCUT2D eigenvalue weighted by molar-refractivity contribution is 7.98. The van der Waals surface area contributed by atoms with Crippen molar-refractivity contribution in [2.45, 2.75) is 19.5 Å². The monoisotopic (exact) mass is 283 g/mol. The summed E-state index contributed by atoms with van der Waals surface area (Å²) in [5, 5.41) is 14.0. The molecule has 0 fully saturated rings. The molecule has 5 nitrogen and oxygen atoms in total. The number of rotatable bonds is 7. The zero-order valence-electron chi connectivity index (χ0n) is 11.8. The topological polar surface area (TPSA) is 58.4 Å². The fraction of sp³-hybridized carbons (Fsp3) is 0.538. The van der Waals surface area contributed by atoms with Crippen molar-refractivity contribution in [2.75, 3.05) is 31.4 Å². The molecule has 0 spiro atoms. The van der Waals surface area contributed by atoms with Crippen LogP contribution in [-0.2, 0) is 6.54 Å². The van der Waals surface area contributed by atoms with Crippen LogP contribution < -0.4 is 5.32 Å². The lowest BCUT2D eigenvalue weighted by Crippen LogP contribution is -2.30. The normalized spacial score (nSPS) is 12.5. The van der Waals surface area contributed by atoms with Crippen LogP contribution in [0.2, 0.25) is 0 Å². The number of para-hydroxylation sites is 1. The Bertz CT molecular complexity index is 440. The average Bonchev–Trinajstić information content (AvgIpc) is 2.38. The molecule has 0 aromatic heterocycles. The molecular formula is C13H21N3O2S. The summed E-state index contributed by atoms with van der Waals surface area (Å²) >= 11 is 1.80. The van der Waals surface area contributed by atoms with E-state index in [1.807, 2.05) is 13.1 Å². The van der Waals surface area contributed by atoms with Gasteiger partial charge in [0, 0.05) is 31.5 Å². The lowest BCUT2D eigenvalue weighted by molar-refractivity contribution is -0.384. The molecule has 0 aliphatic carbocycles. The molecule has 19 heavy (non-hydrogen) atoms. The summed E-state index contributed by atoms with van der Waals surface area (Å²) < 4.78 is 0. The molecule has 1 aromatic rings. The van der Waals surface area contributed by atoms with Gasteiger partial charge < -0.3 is 5.32 Å². The van der Waals surface area contributed by atoms with Crippen molar-refractivity contribution >= 4 is 23.1 Å². The van der Waals surface area contributed by atoms with E-state index < -0.39 is 0 Å². The minimum absolute atomic E-state index is 0.130. The first-order chi connectivity index (χ1) is 9.01. The van der Waals surface area contributed by atoms with Crippen LogP contribution in [0.4, 0.5) is 11.4 Å². The van der Waals surface area contributed by atoms with Crippen LogP contribution >= 0.6 is 11.8 Å². The summed E-state index contributed by atoms with van der Waals surface area (Å²) in [6.07, 6.45) is 2.08. The summed E-state index contributed by atoms with van der Waals surface area (Å²) in [4.78, 5) is 12.9. The first-order valence-corrected chi connectivity index (χ1v) is 7.53. The number of nitrogens with zero attached hydrogens (tertiary/aromatic N) is 2. The maximum Gasteiger partial charge on any atom is 0.292 e. The molecular weight excluding hydrogens is 262 g/mol. The minimum atomic E-state index is -0.347. The third-order valence-corrected chi connectivity index (χ3v) is 3.97. The van der Waals surface area contributed by atoms with Crippen molar-refractivity contribution < 1.29 is 4.92 Å². The van der Waals surface area contributed by atoms with Crippen molar-refractivity contribution in [3.8, 4) is 0 Å². The number of hydrogen-bond acceptors (Lipinski definition) is 5. The van der Waals surface area contributed by atoms with Gasteiger partial charge in [-0.3, -0.25) is 15.0 Å². The second-order valence-electron chi connectivity index (χ2n) is 4.54. The van der Waals surface area contributed by atoms with E-state index in [2.05, 4.69) is 23.4 Å². The Morgan fingerprint density at radius 1 is 1.53 bits per heavy atom. The van der Waals surface area contributed by atoms with Gasteiger partial charge in [-0.1, -0.05) is 12.1 Å². The van der Waals surface area contributed by atoms with E-state index in [9.17, 15) is 10.1 Å². The molecule has 6 heteroatoms. The van der Waals surface area contributed by atoms with E-state index in [0.717, 1.165) is 11.3 Å². The Morgan fingerprint density at radius 3 is 2.74 bits per heavy atom. The zero-order chi connectivity index (χ0) is 14.4. The average molecular weight is 283 g/mol. The largest absolute Gasteiger partial charge is 0.382 e. The molecule has 1 aromatic carbocycles. The zero-order valence-corrected chi connectivity index (χ0v) is 12.7. The summed E-state index contributed by atoms with van der Waals surface area (Å²) in [5.74, 6) is 1.04. The summed E-state index contributed by atoms with van der Waals surface area (Å²) in [7, 11) is 3.76. The molecule has 106 valence electrons. The highest BCUT2D eigenvalue weighted by atomic mass is 32.2. The molecule has 0 aliphatic heterocycles. The van der Waals surface area contributed by atoms with Gasteiger partial charge in [0.2, 0.25) is 0 Å². The van der Waals surface area contributed by atoms with Crippen LogP contribution in [0.3, 0.4) is 0 Å². The molecule has 1 N–H and O–H groups in total. The van der Waals surface area contributed by atoms with Crippen LogP contribution in [0, 0.1) is 10.1 Å². The SMILES string of the molecule is CNc1c(CN(C)C(C)CSC)cccc1[N+](=O)[O-]. The fourth-order valence-corrected chi connectivity index (χ4v) is 2.69. The third-order valence-electron chi connectivity index (χ3n) is 3.16. The first-order valence-electron chi connectivity index (χ1n) is 6.14. The smallest absolute Gasteiger partial charge is 0.292 e. The Balaban J connectivity index is 2.95. The molecule has 0 aliphatic rings. The van der Waals surface area contributed by atoms with Crippen LogP contribution in [0.15, 0.2) is 18.2 Å². The highest BCUT2D eigenvalue weighted by Crippen LogP contribution is 2.28. The Hall–Kier alpha value is -1.27. The highest BCUT2D eigenvalue weighted by Gasteiger charge is 2.18. The van der Waals surface area contributed by atoms with E-state index in [0.29, 0.717) is 18.3 Å². The summed E-state index contributed by atoms with van der Waals surface area (Å²) in [6.45, 7) is 2.85. The number of thioether (sulfide) groups is 1. The van der Waals surface area contributed by atoms with Gasteiger partial charge in [-0.25, -0.2) is 0 Å². The molecule has 0 saturated heterocycles. The van der Waals surface area contributed by atoms with Crippen LogP contribution in [0.25, 0.3) is 0 Å². The number of nitro groups is 1. The van der Waals surface area contributed by atoms with E-state index in [1.54, 1.807) is 24.9 Å². The summed E-state index contributed by atoms with van der Waals surface area (Å²) in [5.41, 5.74) is 1.69. The predicted molar refractivity (Wildman–Crippen MR) is 82.0 cm³/mol. The molecule has 0 radical (unpaired) electrons. The van der Waals surface area contributed by atoms with E-state index in [-0.39, 0.29) is 10.6 Å². The van der Waals surface area contributed by atoms with Gasteiger partial charge in [-0.15, -0.1) is 0 Å². The molecule has 0 saturated carbocycles. The fourth-order valence-electron chi connectivity index (χ4n) is 1.95. The second kappa shape index (κ2) is 7.35. The molecule has 0 heterocycles. The summed E-state index contributed by atoms with van der Waals surface area (Å²) in [6, 6.07) is 5.63. The van der Waals surface area contributed by atoms with Crippen LogP contribution in [-0.4, -0.2) is 42.0 Å².